The number of H-pyrrole nitrogens is 1. The largest absolute Gasteiger partial charge is 0.370 e. The Bertz CT molecular complexity index is 636. The van der Waals surface area contributed by atoms with Gasteiger partial charge >= 0.3 is 0 Å². The third-order valence-electron chi connectivity index (χ3n) is 2.88. The maximum Gasteiger partial charge on any atom is 0.256 e. The summed E-state index contributed by atoms with van der Waals surface area (Å²) in [5.41, 5.74) is 0.962. The molecule has 5 nitrogen and oxygen atoms in total. The second kappa shape index (κ2) is 4.21. The number of rotatable bonds is 1. The number of aromatic amines is 1. The number of anilines is 1. The summed E-state index contributed by atoms with van der Waals surface area (Å²) in [5, 5.41) is 3.09. The number of pyridine rings is 1. The van der Waals surface area contributed by atoms with Gasteiger partial charge < -0.3 is 10.3 Å². The highest BCUT2D eigenvalue weighted by molar-refractivity contribution is 5.55. The van der Waals surface area contributed by atoms with E-state index in [1.807, 2.05) is 0 Å². The highest BCUT2D eigenvalue weighted by Crippen LogP contribution is 2.18. The van der Waals surface area contributed by atoms with Crippen LogP contribution >= 0.6 is 0 Å². The molecule has 3 heterocycles. The third-order valence-corrected chi connectivity index (χ3v) is 2.88. The molecule has 0 aliphatic carbocycles. The molecule has 0 saturated heterocycles. The molecule has 0 fully saturated rings. The molecular weight excluding hydrogens is 235 g/mol. The molecule has 2 aromatic rings. The first-order chi connectivity index (χ1) is 8.74. The van der Waals surface area contributed by atoms with Crippen LogP contribution < -0.4 is 10.9 Å². The fourth-order valence-corrected chi connectivity index (χ4v) is 1.99. The zero-order valence-corrected chi connectivity index (χ0v) is 9.53. The van der Waals surface area contributed by atoms with E-state index in [1.54, 1.807) is 0 Å². The van der Waals surface area contributed by atoms with Crippen molar-refractivity contribution in [1.29, 1.82) is 0 Å². The summed E-state index contributed by atoms with van der Waals surface area (Å²) in [5.74, 6) is 0.538. The van der Waals surface area contributed by atoms with Gasteiger partial charge in [-0.1, -0.05) is 0 Å². The Labute approximate surface area is 102 Å². The van der Waals surface area contributed by atoms with Crippen molar-refractivity contribution >= 4 is 5.82 Å². The van der Waals surface area contributed by atoms with Gasteiger partial charge in [-0.3, -0.25) is 4.79 Å². The Morgan fingerprint density at radius 3 is 3.00 bits per heavy atom. The summed E-state index contributed by atoms with van der Waals surface area (Å²) >= 11 is 0. The minimum atomic E-state index is -0.419. The Balaban J connectivity index is 2.11. The Morgan fingerprint density at radius 2 is 2.22 bits per heavy atom. The highest BCUT2D eigenvalue weighted by Gasteiger charge is 2.16. The van der Waals surface area contributed by atoms with Gasteiger partial charge in [0.2, 0.25) is 0 Å². The topological polar surface area (TPSA) is 70.7 Å². The summed E-state index contributed by atoms with van der Waals surface area (Å²) in [6.45, 7) is 0.805. The molecule has 3 rings (SSSR count). The van der Waals surface area contributed by atoms with Crippen LogP contribution in [0.4, 0.5) is 10.2 Å². The quantitative estimate of drug-likeness (QED) is 0.796. The lowest BCUT2D eigenvalue weighted by Gasteiger charge is -2.16. The van der Waals surface area contributed by atoms with E-state index in [9.17, 15) is 9.18 Å². The summed E-state index contributed by atoms with van der Waals surface area (Å²) in [7, 11) is 0. The standard InChI is InChI=1S/C12H11FN4O/c13-7-3-4-9(15-6-7)11-16-10-8(12(18)17-11)2-1-5-14-10/h3-4,6H,1-2,5H2,(H2,14,16,17,18). The van der Waals surface area contributed by atoms with Gasteiger partial charge in [-0.2, -0.15) is 0 Å². The van der Waals surface area contributed by atoms with Gasteiger partial charge in [-0.05, 0) is 25.0 Å². The summed E-state index contributed by atoms with van der Waals surface area (Å²) in [6.07, 6.45) is 2.75. The van der Waals surface area contributed by atoms with Crippen molar-refractivity contribution in [2.24, 2.45) is 0 Å². The molecule has 0 saturated carbocycles. The molecular formula is C12H11FN4O. The maximum absolute atomic E-state index is 12.8. The fourth-order valence-electron chi connectivity index (χ4n) is 1.99. The van der Waals surface area contributed by atoms with Crippen LogP contribution in [0.15, 0.2) is 23.1 Å². The van der Waals surface area contributed by atoms with Crippen molar-refractivity contribution in [3.63, 3.8) is 0 Å². The van der Waals surface area contributed by atoms with Gasteiger partial charge in [0.05, 0.1) is 11.8 Å². The predicted molar refractivity (Wildman–Crippen MR) is 64.9 cm³/mol. The molecule has 6 heteroatoms. The number of nitrogens with one attached hydrogen (secondary N) is 2. The lowest BCUT2D eigenvalue weighted by atomic mass is 10.1. The van der Waals surface area contributed by atoms with E-state index in [4.69, 9.17) is 0 Å². The van der Waals surface area contributed by atoms with Gasteiger partial charge in [-0.25, -0.2) is 14.4 Å². The van der Waals surface area contributed by atoms with Crippen molar-refractivity contribution in [2.45, 2.75) is 12.8 Å². The number of nitrogens with zero attached hydrogens (tertiary/aromatic N) is 2. The SMILES string of the molecule is O=c1[nH]c(-c2ccc(F)cn2)nc2c1CCCN2. The number of hydrogen-bond donors (Lipinski definition) is 2. The van der Waals surface area contributed by atoms with E-state index in [2.05, 4.69) is 20.3 Å². The van der Waals surface area contributed by atoms with E-state index in [1.165, 1.54) is 12.1 Å². The molecule has 2 aromatic heterocycles. The van der Waals surface area contributed by atoms with Crippen molar-refractivity contribution in [1.82, 2.24) is 15.0 Å². The second-order valence-corrected chi connectivity index (χ2v) is 4.13. The number of aromatic nitrogens is 3. The monoisotopic (exact) mass is 246 g/mol. The van der Waals surface area contributed by atoms with Crippen LogP contribution in [0.25, 0.3) is 11.5 Å². The molecule has 2 N–H and O–H groups in total. The molecule has 92 valence electrons. The first-order valence-corrected chi connectivity index (χ1v) is 5.73. The summed E-state index contributed by atoms with van der Waals surface area (Å²) < 4.78 is 12.8. The first kappa shape index (κ1) is 10.9. The number of fused-ring (bicyclic) bond motifs is 1. The van der Waals surface area contributed by atoms with Gasteiger partial charge in [0, 0.05) is 6.54 Å². The molecule has 0 unspecified atom stereocenters. The van der Waals surface area contributed by atoms with E-state index in [0.717, 1.165) is 25.6 Å². The van der Waals surface area contributed by atoms with Gasteiger partial charge in [0.15, 0.2) is 5.82 Å². The Kier molecular flexibility index (Phi) is 2.55. The Morgan fingerprint density at radius 1 is 1.33 bits per heavy atom. The van der Waals surface area contributed by atoms with Crippen LogP contribution in [-0.4, -0.2) is 21.5 Å². The normalized spacial score (nSPS) is 13.8. The minimum Gasteiger partial charge on any atom is -0.370 e. The maximum atomic E-state index is 12.8. The molecule has 0 spiro atoms. The molecule has 0 bridgehead atoms. The smallest absolute Gasteiger partial charge is 0.256 e. The second-order valence-electron chi connectivity index (χ2n) is 4.13. The molecule has 1 aliphatic heterocycles. The molecule has 0 atom stereocenters. The first-order valence-electron chi connectivity index (χ1n) is 5.73. The van der Waals surface area contributed by atoms with Gasteiger partial charge in [0.1, 0.15) is 17.3 Å². The highest BCUT2D eigenvalue weighted by atomic mass is 19.1. The molecule has 0 aromatic carbocycles. The van der Waals surface area contributed by atoms with E-state index in [0.29, 0.717) is 22.9 Å². The van der Waals surface area contributed by atoms with Crippen LogP contribution in [0.3, 0.4) is 0 Å². The van der Waals surface area contributed by atoms with Crippen LogP contribution in [0, 0.1) is 5.82 Å². The zero-order chi connectivity index (χ0) is 12.5. The summed E-state index contributed by atoms with van der Waals surface area (Å²) in [4.78, 5) is 22.8. The van der Waals surface area contributed by atoms with Crippen molar-refractivity contribution in [3.05, 3.63) is 40.1 Å². The van der Waals surface area contributed by atoms with Crippen molar-refractivity contribution < 1.29 is 4.39 Å². The minimum absolute atomic E-state index is 0.159. The van der Waals surface area contributed by atoms with Crippen molar-refractivity contribution in [2.75, 3.05) is 11.9 Å². The third kappa shape index (κ3) is 1.85. The zero-order valence-electron chi connectivity index (χ0n) is 9.53. The molecule has 18 heavy (non-hydrogen) atoms. The van der Waals surface area contributed by atoms with E-state index < -0.39 is 5.82 Å². The van der Waals surface area contributed by atoms with Crippen LogP contribution in [0.2, 0.25) is 0 Å². The van der Waals surface area contributed by atoms with E-state index in [-0.39, 0.29) is 5.56 Å². The number of hydrogen-bond acceptors (Lipinski definition) is 4. The molecule has 0 amide bonds. The van der Waals surface area contributed by atoms with Gasteiger partial charge in [-0.15, -0.1) is 0 Å². The van der Waals surface area contributed by atoms with Crippen molar-refractivity contribution in [3.8, 4) is 11.5 Å². The lowest BCUT2D eigenvalue weighted by molar-refractivity contribution is 0.621. The average Bonchev–Trinajstić information content (AvgIpc) is 2.39. The fraction of sp³-hybridized carbons (Fsp3) is 0.250. The summed E-state index contributed by atoms with van der Waals surface area (Å²) in [6, 6.07) is 2.78. The van der Waals surface area contributed by atoms with Crippen LogP contribution in [0.5, 0.6) is 0 Å². The van der Waals surface area contributed by atoms with E-state index >= 15 is 0 Å². The lowest BCUT2D eigenvalue weighted by Crippen LogP contribution is -2.24. The van der Waals surface area contributed by atoms with Crippen LogP contribution in [0.1, 0.15) is 12.0 Å². The average molecular weight is 246 g/mol. The Hall–Kier alpha value is -2.24. The van der Waals surface area contributed by atoms with Crippen LogP contribution in [-0.2, 0) is 6.42 Å². The predicted octanol–water partition coefficient (Wildman–Crippen LogP) is 1.33. The van der Waals surface area contributed by atoms with Gasteiger partial charge in [0.25, 0.3) is 5.56 Å². The molecule has 1 aliphatic rings. The molecule has 0 radical (unpaired) electrons. The number of halogens is 1.